The summed E-state index contributed by atoms with van der Waals surface area (Å²) in [6.07, 6.45) is 0.996. The number of aliphatic carboxylic acids is 1. The van der Waals surface area contributed by atoms with E-state index in [1.165, 1.54) is 10.4 Å². The van der Waals surface area contributed by atoms with E-state index in [9.17, 15) is 9.59 Å². The van der Waals surface area contributed by atoms with Crippen molar-refractivity contribution < 1.29 is 14.7 Å². The second-order valence-corrected chi connectivity index (χ2v) is 5.42. The first-order valence-corrected chi connectivity index (χ1v) is 6.77. The van der Waals surface area contributed by atoms with Gasteiger partial charge in [-0.25, -0.2) is 0 Å². The smallest absolute Gasteiger partial charge is 0.303 e. The van der Waals surface area contributed by atoms with Gasteiger partial charge in [0.05, 0.1) is 6.04 Å². The van der Waals surface area contributed by atoms with Crippen molar-refractivity contribution in [3.05, 3.63) is 21.9 Å². The molecular formula is C12H16N2O3S. The number of fused-ring (bicyclic) bond motifs is 1. The van der Waals surface area contributed by atoms with E-state index in [0.29, 0.717) is 13.1 Å². The Labute approximate surface area is 109 Å². The fourth-order valence-electron chi connectivity index (χ4n) is 2.07. The number of rotatable bonds is 4. The number of carboxylic acids is 1. The number of nitrogens with zero attached hydrogens (tertiary/aromatic N) is 1. The molecule has 0 radical (unpaired) electrons. The molecule has 0 aliphatic carbocycles. The summed E-state index contributed by atoms with van der Waals surface area (Å²) in [5.74, 6) is -1.06. The van der Waals surface area contributed by atoms with Crippen molar-refractivity contribution in [1.29, 1.82) is 0 Å². The van der Waals surface area contributed by atoms with Crippen LogP contribution < -0.4 is 5.73 Å². The molecule has 1 amide bonds. The van der Waals surface area contributed by atoms with Crippen LogP contribution in [0.4, 0.5) is 0 Å². The van der Waals surface area contributed by atoms with E-state index in [2.05, 4.69) is 0 Å². The van der Waals surface area contributed by atoms with Crippen molar-refractivity contribution in [2.75, 3.05) is 6.54 Å². The highest BCUT2D eigenvalue weighted by Crippen LogP contribution is 2.24. The first kappa shape index (κ1) is 13.0. The van der Waals surface area contributed by atoms with E-state index in [1.54, 1.807) is 16.2 Å². The number of hydrogen-bond donors (Lipinski definition) is 2. The van der Waals surface area contributed by atoms with Crippen LogP contribution in [0.1, 0.15) is 23.3 Å². The van der Waals surface area contributed by atoms with Crippen molar-refractivity contribution >= 4 is 23.2 Å². The molecule has 0 saturated carbocycles. The van der Waals surface area contributed by atoms with E-state index in [1.807, 2.05) is 11.4 Å². The average Bonchev–Trinajstić information content (AvgIpc) is 2.81. The van der Waals surface area contributed by atoms with Gasteiger partial charge < -0.3 is 15.7 Å². The molecule has 18 heavy (non-hydrogen) atoms. The molecule has 5 nitrogen and oxygen atoms in total. The molecule has 0 bridgehead atoms. The minimum atomic E-state index is -0.919. The minimum absolute atomic E-state index is 0.0650. The summed E-state index contributed by atoms with van der Waals surface area (Å²) < 4.78 is 0. The molecule has 1 aliphatic rings. The van der Waals surface area contributed by atoms with E-state index < -0.39 is 12.0 Å². The number of nitrogens with two attached hydrogens (primary N) is 1. The molecule has 0 saturated heterocycles. The summed E-state index contributed by atoms with van der Waals surface area (Å²) in [7, 11) is 0. The molecule has 2 rings (SSSR count). The lowest BCUT2D eigenvalue weighted by molar-refractivity contribution is -0.137. The quantitative estimate of drug-likeness (QED) is 0.847. The van der Waals surface area contributed by atoms with Crippen LogP contribution in [0.2, 0.25) is 0 Å². The Balaban J connectivity index is 1.92. The number of amides is 1. The first-order chi connectivity index (χ1) is 8.58. The number of carboxylic acid groups (broad SMARTS) is 1. The highest BCUT2D eigenvalue weighted by atomic mass is 32.1. The predicted octanol–water partition coefficient (Wildman–Crippen LogP) is 0.825. The largest absolute Gasteiger partial charge is 0.481 e. The van der Waals surface area contributed by atoms with Crippen LogP contribution in [-0.2, 0) is 22.6 Å². The zero-order valence-electron chi connectivity index (χ0n) is 9.96. The van der Waals surface area contributed by atoms with Gasteiger partial charge in [0.15, 0.2) is 0 Å². The summed E-state index contributed by atoms with van der Waals surface area (Å²) in [5, 5.41) is 10.6. The fourth-order valence-corrected chi connectivity index (χ4v) is 2.96. The summed E-state index contributed by atoms with van der Waals surface area (Å²) in [6, 6.07) is 1.32. The maximum Gasteiger partial charge on any atom is 0.303 e. The lowest BCUT2D eigenvalue weighted by atomic mass is 10.1. The molecule has 0 aromatic carbocycles. The SMILES string of the molecule is NC(CCC(=O)O)C(=O)N1CCc2sccc2C1. The van der Waals surface area contributed by atoms with Crippen LogP contribution in [-0.4, -0.2) is 34.5 Å². The van der Waals surface area contributed by atoms with Gasteiger partial charge in [0.2, 0.25) is 5.91 Å². The molecule has 1 aromatic rings. The van der Waals surface area contributed by atoms with Crippen LogP contribution in [0, 0.1) is 0 Å². The maximum atomic E-state index is 12.1. The van der Waals surface area contributed by atoms with Gasteiger partial charge in [-0.2, -0.15) is 0 Å². The van der Waals surface area contributed by atoms with Crippen LogP contribution in [0.25, 0.3) is 0 Å². The van der Waals surface area contributed by atoms with E-state index in [4.69, 9.17) is 10.8 Å². The number of carbonyl (C=O) groups excluding carboxylic acids is 1. The fraction of sp³-hybridized carbons (Fsp3) is 0.500. The number of carbonyl (C=O) groups is 2. The second-order valence-electron chi connectivity index (χ2n) is 4.42. The van der Waals surface area contributed by atoms with Gasteiger partial charge in [0.1, 0.15) is 0 Å². The standard InChI is InChI=1S/C12H16N2O3S/c13-9(1-2-11(15)16)12(17)14-5-3-10-8(7-14)4-6-18-10/h4,6,9H,1-3,5,7,13H2,(H,15,16). The highest BCUT2D eigenvalue weighted by Gasteiger charge is 2.25. The molecule has 1 atom stereocenters. The lowest BCUT2D eigenvalue weighted by Crippen LogP contribution is -2.45. The maximum absolute atomic E-state index is 12.1. The Morgan fingerprint density at radius 3 is 3.06 bits per heavy atom. The van der Waals surface area contributed by atoms with E-state index in [-0.39, 0.29) is 18.7 Å². The Kier molecular flexibility index (Phi) is 3.98. The molecule has 1 aromatic heterocycles. The Morgan fingerprint density at radius 2 is 2.33 bits per heavy atom. The van der Waals surface area contributed by atoms with Crippen molar-refractivity contribution in [3.8, 4) is 0 Å². The zero-order chi connectivity index (χ0) is 13.1. The minimum Gasteiger partial charge on any atom is -0.481 e. The number of hydrogen-bond acceptors (Lipinski definition) is 4. The Morgan fingerprint density at radius 1 is 1.56 bits per heavy atom. The molecule has 0 fully saturated rings. The Bertz CT molecular complexity index is 458. The van der Waals surface area contributed by atoms with Gasteiger partial charge in [-0.05, 0) is 29.9 Å². The molecule has 0 spiro atoms. The number of thiophene rings is 1. The van der Waals surface area contributed by atoms with Crippen LogP contribution in [0.15, 0.2) is 11.4 Å². The molecule has 6 heteroatoms. The summed E-state index contributed by atoms with van der Waals surface area (Å²) in [5.41, 5.74) is 6.92. The van der Waals surface area contributed by atoms with Gasteiger partial charge in [-0.15, -0.1) is 11.3 Å². The van der Waals surface area contributed by atoms with Gasteiger partial charge in [0, 0.05) is 24.4 Å². The van der Waals surface area contributed by atoms with Crippen molar-refractivity contribution in [3.63, 3.8) is 0 Å². The third kappa shape index (κ3) is 2.88. The second kappa shape index (κ2) is 5.49. The molecular weight excluding hydrogens is 252 g/mol. The molecule has 1 unspecified atom stereocenters. The van der Waals surface area contributed by atoms with Gasteiger partial charge in [-0.3, -0.25) is 9.59 Å². The molecule has 2 heterocycles. The normalized spacial score (nSPS) is 16.2. The molecule has 1 aliphatic heterocycles. The Hall–Kier alpha value is -1.40. The predicted molar refractivity (Wildman–Crippen MR) is 68.3 cm³/mol. The first-order valence-electron chi connectivity index (χ1n) is 5.89. The monoisotopic (exact) mass is 268 g/mol. The van der Waals surface area contributed by atoms with Gasteiger partial charge >= 0.3 is 5.97 Å². The third-order valence-corrected chi connectivity index (χ3v) is 4.13. The van der Waals surface area contributed by atoms with Crippen molar-refractivity contribution in [2.24, 2.45) is 5.73 Å². The van der Waals surface area contributed by atoms with Gasteiger partial charge in [-0.1, -0.05) is 0 Å². The molecule has 3 N–H and O–H groups in total. The van der Waals surface area contributed by atoms with Crippen molar-refractivity contribution in [1.82, 2.24) is 4.90 Å². The third-order valence-electron chi connectivity index (χ3n) is 3.11. The van der Waals surface area contributed by atoms with E-state index >= 15 is 0 Å². The lowest BCUT2D eigenvalue weighted by Gasteiger charge is -2.29. The van der Waals surface area contributed by atoms with E-state index in [0.717, 1.165) is 6.42 Å². The van der Waals surface area contributed by atoms with Crippen molar-refractivity contribution in [2.45, 2.75) is 31.8 Å². The summed E-state index contributed by atoms with van der Waals surface area (Å²) in [6.45, 7) is 1.27. The highest BCUT2D eigenvalue weighted by molar-refractivity contribution is 7.10. The van der Waals surface area contributed by atoms with Gasteiger partial charge in [0.25, 0.3) is 0 Å². The average molecular weight is 268 g/mol. The topological polar surface area (TPSA) is 83.6 Å². The van der Waals surface area contributed by atoms with Crippen LogP contribution >= 0.6 is 11.3 Å². The zero-order valence-corrected chi connectivity index (χ0v) is 10.8. The van der Waals surface area contributed by atoms with Crippen LogP contribution in [0.3, 0.4) is 0 Å². The van der Waals surface area contributed by atoms with Crippen LogP contribution in [0.5, 0.6) is 0 Å². The summed E-state index contributed by atoms with van der Waals surface area (Å²) in [4.78, 5) is 25.6. The summed E-state index contributed by atoms with van der Waals surface area (Å²) >= 11 is 1.71. The molecule has 98 valence electrons.